The zero-order valence-electron chi connectivity index (χ0n) is 9.74. The topological polar surface area (TPSA) is 47.0 Å². The molecule has 1 atom stereocenters. The van der Waals surface area contributed by atoms with Gasteiger partial charge in [-0.3, -0.25) is 0 Å². The maximum atomic E-state index is 5.70. The molecule has 1 N–H and O–H groups in total. The lowest BCUT2D eigenvalue weighted by Gasteiger charge is -2.21. The van der Waals surface area contributed by atoms with Gasteiger partial charge in [0.15, 0.2) is 0 Å². The summed E-state index contributed by atoms with van der Waals surface area (Å²) < 4.78 is 5.70. The molecule has 1 aliphatic rings. The van der Waals surface area contributed by atoms with Crippen molar-refractivity contribution < 1.29 is 4.74 Å². The van der Waals surface area contributed by atoms with E-state index in [4.69, 9.17) is 4.74 Å². The quantitative estimate of drug-likeness (QED) is 0.847. The molecule has 1 saturated heterocycles. The molecule has 2 heterocycles. The monoisotopic (exact) mass is 241 g/mol. The Morgan fingerprint density at radius 2 is 2.25 bits per heavy atom. The van der Waals surface area contributed by atoms with Crippen LogP contribution >= 0.6 is 11.3 Å². The third-order valence-corrected chi connectivity index (χ3v) is 3.78. The van der Waals surface area contributed by atoms with Gasteiger partial charge in [0.1, 0.15) is 10.0 Å². The summed E-state index contributed by atoms with van der Waals surface area (Å²) in [5, 5.41) is 13.8. The number of aromatic nitrogens is 2. The molecule has 1 aliphatic heterocycles. The zero-order valence-corrected chi connectivity index (χ0v) is 10.6. The van der Waals surface area contributed by atoms with Crippen molar-refractivity contribution >= 4 is 11.3 Å². The van der Waals surface area contributed by atoms with Gasteiger partial charge in [0.2, 0.25) is 0 Å². The summed E-state index contributed by atoms with van der Waals surface area (Å²) in [6, 6.07) is 0. The van der Waals surface area contributed by atoms with Crippen LogP contribution in [0.5, 0.6) is 0 Å². The molecule has 16 heavy (non-hydrogen) atoms. The van der Waals surface area contributed by atoms with Crippen LogP contribution in [-0.2, 0) is 17.6 Å². The van der Waals surface area contributed by atoms with Gasteiger partial charge in [0.25, 0.3) is 0 Å². The van der Waals surface area contributed by atoms with Crippen molar-refractivity contribution in [2.75, 3.05) is 20.2 Å². The first-order chi connectivity index (χ1) is 7.88. The minimum atomic E-state index is 0.374. The van der Waals surface area contributed by atoms with Crippen molar-refractivity contribution in [1.29, 1.82) is 0 Å². The maximum absolute atomic E-state index is 5.70. The van der Waals surface area contributed by atoms with Crippen molar-refractivity contribution in [1.82, 2.24) is 15.5 Å². The Morgan fingerprint density at radius 3 is 3.00 bits per heavy atom. The molecule has 0 amide bonds. The van der Waals surface area contributed by atoms with Crippen molar-refractivity contribution in [2.24, 2.45) is 0 Å². The molecule has 4 nitrogen and oxygen atoms in total. The van der Waals surface area contributed by atoms with Crippen molar-refractivity contribution in [3.8, 4) is 0 Å². The highest BCUT2D eigenvalue weighted by Gasteiger charge is 2.16. The van der Waals surface area contributed by atoms with Crippen LogP contribution < -0.4 is 5.32 Å². The smallest absolute Gasteiger partial charge is 0.120 e. The number of nitrogens with one attached hydrogen (secondary N) is 1. The van der Waals surface area contributed by atoms with Crippen molar-refractivity contribution in [3.05, 3.63) is 10.0 Å². The minimum Gasteiger partial charge on any atom is -0.378 e. The molecule has 0 saturated carbocycles. The number of likely N-dealkylation sites (N-methyl/N-ethyl adjacent to an activating group) is 1. The summed E-state index contributed by atoms with van der Waals surface area (Å²) in [5.74, 6) is 0. The lowest BCUT2D eigenvalue weighted by molar-refractivity contribution is 0.0167. The highest BCUT2D eigenvalue weighted by Crippen LogP contribution is 2.19. The van der Waals surface area contributed by atoms with Gasteiger partial charge in [0, 0.05) is 26.0 Å². The molecular weight excluding hydrogens is 222 g/mol. The van der Waals surface area contributed by atoms with Crippen LogP contribution in [0.25, 0.3) is 0 Å². The van der Waals surface area contributed by atoms with Crippen LogP contribution in [0.3, 0.4) is 0 Å². The van der Waals surface area contributed by atoms with E-state index in [9.17, 15) is 0 Å². The lowest BCUT2D eigenvalue weighted by atomic mass is 10.1. The van der Waals surface area contributed by atoms with Crippen LogP contribution in [0.1, 0.15) is 29.3 Å². The fraction of sp³-hybridized carbons (Fsp3) is 0.818. The van der Waals surface area contributed by atoms with E-state index in [0.717, 1.165) is 36.0 Å². The Balaban J connectivity index is 1.81. The number of nitrogens with zero attached hydrogens (tertiary/aromatic N) is 2. The van der Waals surface area contributed by atoms with Gasteiger partial charge >= 0.3 is 0 Å². The summed E-state index contributed by atoms with van der Waals surface area (Å²) in [5.41, 5.74) is 0. The van der Waals surface area contributed by atoms with Crippen molar-refractivity contribution in [3.63, 3.8) is 0 Å². The van der Waals surface area contributed by atoms with E-state index in [2.05, 4.69) is 15.5 Å². The first-order valence-corrected chi connectivity index (χ1v) is 6.77. The molecule has 5 heteroatoms. The first-order valence-electron chi connectivity index (χ1n) is 5.96. The Bertz CT molecular complexity index is 310. The molecule has 0 aromatic carbocycles. The van der Waals surface area contributed by atoms with Crippen molar-refractivity contribution in [2.45, 2.75) is 38.2 Å². The largest absolute Gasteiger partial charge is 0.378 e. The highest BCUT2D eigenvalue weighted by atomic mass is 32.1. The minimum absolute atomic E-state index is 0.374. The highest BCUT2D eigenvalue weighted by molar-refractivity contribution is 7.11. The molecule has 0 spiro atoms. The van der Waals surface area contributed by atoms with Gasteiger partial charge in [-0.2, -0.15) is 0 Å². The normalized spacial score (nSPS) is 21.2. The van der Waals surface area contributed by atoms with Gasteiger partial charge in [-0.15, -0.1) is 21.5 Å². The van der Waals surface area contributed by atoms with E-state index in [0.29, 0.717) is 6.10 Å². The molecule has 2 rings (SSSR count). The summed E-state index contributed by atoms with van der Waals surface area (Å²) in [6.07, 6.45) is 5.96. The zero-order chi connectivity index (χ0) is 11.2. The van der Waals surface area contributed by atoms with E-state index >= 15 is 0 Å². The van der Waals surface area contributed by atoms with E-state index in [1.807, 2.05) is 7.05 Å². The third kappa shape index (κ3) is 3.50. The second-order valence-electron chi connectivity index (χ2n) is 4.14. The molecular formula is C11H19N3OS. The Kier molecular flexibility index (Phi) is 4.69. The average Bonchev–Trinajstić information content (AvgIpc) is 2.75. The first kappa shape index (κ1) is 12.0. The molecule has 0 aliphatic carbocycles. The van der Waals surface area contributed by atoms with Crippen LogP contribution in [0.2, 0.25) is 0 Å². The number of hydrogen-bond acceptors (Lipinski definition) is 5. The number of ether oxygens (including phenoxy) is 1. The standard InChI is InChI=1S/C11H19N3OS/c1-12-6-5-10-13-14-11(16-10)8-9-4-2-3-7-15-9/h9,12H,2-8H2,1H3. The molecule has 0 radical (unpaired) electrons. The van der Waals surface area contributed by atoms with Gasteiger partial charge in [-0.1, -0.05) is 0 Å². The second kappa shape index (κ2) is 6.27. The summed E-state index contributed by atoms with van der Waals surface area (Å²) >= 11 is 1.72. The molecule has 1 unspecified atom stereocenters. The Hall–Kier alpha value is -0.520. The second-order valence-corrected chi connectivity index (χ2v) is 5.28. The molecule has 1 fully saturated rings. The maximum Gasteiger partial charge on any atom is 0.120 e. The van der Waals surface area contributed by atoms with Crippen LogP contribution in [0, 0.1) is 0 Å². The predicted octanol–water partition coefficient (Wildman–Crippen LogP) is 1.41. The Labute approximate surface area is 100 Å². The summed E-state index contributed by atoms with van der Waals surface area (Å²) in [7, 11) is 1.96. The lowest BCUT2D eigenvalue weighted by Crippen LogP contribution is -2.21. The number of hydrogen-bond donors (Lipinski definition) is 1. The van der Waals surface area contributed by atoms with Gasteiger partial charge in [-0.25, -0.2) is 0 Å². The van der Waals surface area contributed by atoms with Gasteiger partial charge < -0.3 is 10.1 Å². The molecule has 1 aromatic heterocycles. The predicted molar refractivity (Wildman–Crippen MR) is 64.8 cm³/mol. The van der Waals surface area contributed by atoms with E-state index < -0.39 is 0 Å². The Morgan fingerprint density at radius 1 is 1.38 bits per heavy atom. The number of rotatable bonds is 5. The van der Waals surface area contributed by atoms with E-state index in [1.54, 1.807) is 11.3 Å². The molecule has 0 bridgehead atoms. The third-order valence-electron chi connectivity index (χ3n) is 2.77. The van der Waals surface area contributed by atoms with Crippen LogP contribution in [-0.4, -0.2) is 36.5 Å². The molecule has 1 aromatic rings. The average molecular weight is 241 g/mol. The van der Waals surface area contributed by atoms with Crippen LogP contribution in [0.4, 0.5) is 0 Å². The van der Waals surface area contributed by atoms with Gasteiger partial charge in [-0.05, 0) is 26.3 Å². The summed E-state index contributed by atoms with van der Waals surface area (Å²) in [6.45, 7) is 1.88. The fourth-order valence-electron chi connectivity index (χ4n) is 1.87. The summed E-state index contributed by atoms with van der Waals surface area (Å²) in [4.78, 5) is 0. The fourth-order valence-corrected chi connectivity index (χ4v) is 2.78. The SMILES string of the molecule is CNCCc1nnc(CC2CCCCO2)s1. The van der Waals surface area contributed by atoms with E-state index in [1.165, 1.54) is 19.3 Å². The van der Waals surface area contributed by atoms with Gasteiger partial charge in [0.05, 0.1) is 6.10 Å². The van der Waals surface area contributed by atoms with Crippen LogP contribution in [0.15, 0.2) is 0 Å². The van der Waals surface area contributed by atoms with E-state index in [-0.39, 0.29) is 0 Å². The molecule has 90 valence electrons.